The zero-order chi connectivity index (χ0) is 36.7. The first-order chi connectivity index (χ1) is 24.3. The highest BCUT2D eigenvalue weighted by Crippen LogP contribution is 2.22. The van der Waals surface area contributed by atoms with Crippen molar-refractivity contribution in [1.29, 1.82) is 0 Å². The monoisotopic (exact) mass is 715 g/mol. The van der Waals surface area contributed by atoms with E-state index in [0.29, 0.717) is 12.8 Å². The molecule has 10 nitrogen and oxygen atoms in total. The number of esters is 2. The van der Waals surface area contributed by atoms with Crippen molar-refractivity contribution >= 4 is 11.9 Å². The Kier molecular flexibility index (Phi) is 29.8. The Bertz CT molecular complexity index is 835. The number of carbonyl (C=O) groups is 2. The van der Waals surface area contributed by atoms with Gasteiger partial charge in [-0.05, 0) is 25.7 Å². The molecule has 0 amide bonds. The molecule has 0 aliphatic carbocycles. The lowest BCUT2D eigenvalue weighted by atomic mass is 9.99. The summed E-state index contributed by atoms with van der Waals surface area (Å²) < 4.78 is 22.0. The molecule has 0 spiro atoms. The van der Waals surface area contributed by atoms with Crippen LogP contribution in [0.5, 0.6) is 0 Å². The van der Waals surface area contributed by atoms with E-state index in [1.807, 2.05) is 6.08 Å². The summed E-state index contributed by atoms with van der Waals surface area (Å²) in [6.45, 7) is 3.36. The van der Waals surface area contributed by atoms with Crippen molar-refractivity contribution in [1.82, 2.24) is 0 Å². The van der Waals surface area contributed by atoms with E-state index in [-0.39, 0.29) is 26.1 Å². The van der Waals surface area contributed by atoms with Crippen LogP contribution in [0, 0.1) is 0 Å². The lowest BCUT2D eigenvalue weighted by Crippen LogP contribution is -2.59. The van der Waals surface area contributed by atoms with Gasteiger partial charge in [0, 0.05) is 12.8 Å². The maximum Gasteiger partial charge on any atom is 0.306 e. The van der Waals surface area contributed by atoms with Gasteiger partial charge in [-0.3, -0.25) is 9.59 Å². The predicted molar refractivity (Wildman–Crippen MR) is 196 cm³/mol. The van der Waals surface area contributed by atoms with Gasteiger partial charge in [0.25, 0.3) is 0 Å². The molecule has 0 radical (unpaired) electrons. The summed E-state index contributed by atoms with van der Waals surface area (Å²) in [6.07, 6.45) is 23.8. The van der Waals surface area contributed by atoms with Crippen LogP contribution in [0.25, 0.3) is 0 Å². The molecule has 0 bridgehead atoms. The minimum Gasteiger partial charge on any atom is -0.462 e. The van der Waals surface area contributed by atoms with Gasteiger partial charge in [0.15, 0.2) is 12.4 Å². The van der Waals surface area contributed by atoms with E-state index in [2.05, 4.69) is 19.9 Å². The fraction of sp³-hybridized carbons (Fsp3) is 0.900. The Labute approximate surface area is 303 Å². The second kappa shape index (κ2) is 32.1. The summed E-state index contributed by atoms with van der Waals surface area (Å²) in [7, 11) is 0. The van der Waals surface area contributed by atoms with E-state index >= 15 is 0 Å². The summed E-state index contributed by atoms with van der Waals surface area (Å²) >= 11 is 0. The van der Waals surface area contributed by atoms with Gasteiger partial charge in [0.2, 0.25) is 0 Å². The van der Waals surface area contributed by atoms with E-state index < -0.39 is 55.4 Å². The summed E-state index contributed by atoms with van der Waals surface area (Å²) in [5.74, 6) is -0.860. The Morgan fingerprint density at radius 3 is 1.64 bits per heavy atom. The molecule has 0 saturated carbocycles. The predicted octanol–water partition coefficient (Wildman–Crippen LogP) is 7.61. The summed E-state index contributed by atoms with van der Waals surface area (Å²) in [5.41, 5.74) is 0. The molecule has 1 aliphatic rings. The van der Waals surface area contributed by atoms with Crippen LogP contribution in [0.4, 0.5) is 0 Å². The highest BCUT2D eigenvalue weighted by Gasteiger charge is 2.44. The zero-order valence-corrected chi connectivity index (χ0v) is 31.7. The zero-order valence-electron chi connectivity index (χ0n) is 31.7. The van der Waals surface area contributed by atoms with Crippen molar-refractivity contribution in [2.24, 2.45) is 0 Å². The molecule has 2 unspecified atom stereocenters. The smallest absolute Gasteiger partial charge is 0.306 e. The maximum absolute atomic E-state index is 12.7. The first kappa shape index (κ1) is 46.5. The first-order valence-corrected chi connectivity index (χ1v) is 20.3. The molecule has 0 aromatic rings. The molecule has 4 N–H and O–H groups in total. The van der Waals surface area contributed by atoms with Gasteiger partial charge in [0.1, 0.15) is 31.0 Å². The van der Waals surface area contributed by atoms with Gasteiger partial charge in [-0.1, -0.05) is 148 Å². The van der Waals surface area contributed by atoms with Crippen LogP contribution in [0.1, 0.15) is 174 Å². The summed E-state index contributed by atoms with van der Waals surface area (Å²) in [4.78, 5) is 25.1. The van der Waals surface area contributed by atoms with Crippen LogP contribution in [-0.2, 0) is 28.5 Å². The van der Waals surface area contributed by atoms with Gasteiger partial charge < -0.3 is 39.4 Å². The van der Waals surface area contributed by atoms with Crippen LogP contribution in [0.3, 0.4) is 0 Å². The fourth-order valence-electron chi connectivity index (χ4n) is 6.15. The number of aliphatic hydroxyl groups is 4. The van der Waals surface area contributed by atoms with Crippen LogP contribution in [0.2, 0.25) is 0 Å². The van der Waals surface area contributed by atoms with Gasteiger partial charge in [-0.2, -0.15) is 0 Å². The van der Waals surface area contributed by atoms with Crippen LogP contribution >= 0.6 is 0 Å². The second-order valence-corrected chi connectivity index (χ2v) is 14.1. The van der Waals surface area contributed by atoms with E-state index in [9.17, 15) is 30.0 Å². The molecule has 1 saturated heterocycles. The Hall–Kier alpha value is -1.56. The van der Waals surface area contributed by atoms with E-state index in [1.165, 1.54) is 103 Å². The summed E-state index contributed by atoms with van der Waals surface area (Å²) in [6, 6.07) is 0. The minimum absolute atomic E-state index is 0.196. The molecule has 50 heavy (non-hydrogen) atoms. The lowest BCUT2D eigenvalue weighted by molar-refractivity contribution is -0.305. The van der Waals surface area contributed by atoms with E-state index in [0.717, 1.165) is 32.1 Å². The Morgan fingerprint density at radius 2 is 1.10 bits per heavy atom. The number of aliphatic hydroxyl groups excluding tert-OH is 4. The highest BCUT2D eigenvalue weighted by molar-refractivity contribution is 5.70. The van der Waals surface area contributed by atoms with Crippen molar-refractivity contribution in [2.45, 2.75) is 211 Å². The molecule has 1 rings (SSSR count). The van der Waals surface area contributed by atoms with Gasteiger partial charge in [-0.15, -0.1) is 0 Å². The van der Waals surface area contributed by atoms with Crippen LogP contribution in [-0.4, -0.2) is 89.0 Å². The van der Waals surface area contributed by atoms with E-state index in [4.69, 9.17) is 18.9 Å². The number of allylic oxidation sites excluding steroid dienone is 2. The normalized spacial score (nSPS) is 21.4. The van der Waals surface area contributed by atoms with Crippen LogP contribution < -0.4 is 0 Å². The number of rotatable bonds is 33. The quantitative estimate of drug-likeness (QED) is 0.0304. The number of unbranched alkanes of at least 4 members (excludes halogenated alkanes) is 20. The highest BCUT2D eigenvalue weighted by atomic mass is 16.7. The summed E-state index contributed by atoms with van der Waals surface area (Å²) in [5, 5.41) is 39.9. The number of hydrogen-bond acceptors (Lipinski definition) is 10. The number of carbonyl (C=O) groups excluding carboxylic acids is 2. The van der Waals surface area contributed by atoms with Gasteiger partial charge in [0.05, 0.1) is 13.2 Å². The largest absolute Gasteiger partial charge is 0.462 e. The maximum atomic E-state index is 12.7. The van der Waals surface area contributed by atoms with Crippen molar-refractivity contribution in [3.63, 3.8) is 0 Å². The molecule has 1 fully saturated rings. The molecular weight excluding hydrogens is 640 g/mol. The third kappa shape index (κ3) is 23.8. The van der Waals surface area contributed by atoms with E-state index in [1.54, 1.807) is 0 Å². The third-order valence-corrected chi connectivity index (χ3v) is 9.41. The number of hydrogen-bond donors (Lipinski definition) is 4. The molecule has 1 aliphatic heterocycles. The molecular formula is C40H74O10. The molecule has 0 aromatic heterocycles. The van der Waals surface area contributed by atoms with Crippen molar-refractivity contribution in [2.75, 3.05) is 19.8 Å². The Morgan fingerprint density at radius 1 is 0.600 bits per heavy atom. The fourth-order valence-corrected chi connectivity index (χ4v) is 6.15. The van der Waals surface area contributed by atoms with Gasteiger partial charge in [-0.25, -0.2) is 0 Å². The van der Waals surface area contributed by atoms with Crippen molar-refractivity contribution in [3.05, 3.63) is 12.2 Å². The van der Waals surface area contributed by atoms with Crippen molar-refractivity contribution in [3.8, 4) is 0 Å². The second-order valence-electron chi connectivity index (χ2n) is 14.1. The third-order valence-electron chi connectivity index (χ3n) is 9.41. The average molecular weight is 715 g/mol. The first-order valence-electron chi connectivity index (χ1n) is 20.3. The van der Waals surface area contributed by atoms with Gasteiger partial charge >= 0.3 is 11.9 Å². The standard InChI is InChI=1S/C40H74O10/c1-3-5-7-9-11-13-15-16-17-18-19-21-22-24-26-28-35(42)47-31-33(32-48-40-39(46)38(45)37(44)34(30-41)50-40)49-36(43)29-27-25-23-20-14-12-10-8-6-4-2/h22,24,33-34,37-41,44-46H,3-21,23,25-32H2,1-2H3/b24-22+/t33-,34-,37+,38?,39?,40-/m0/s1. The molecule has 1 heterocycles. The van der Waals surface area contributed by atoms with Crippen molar-refractivity contribution < 1.29 is 49.0 Å². The number of ether oxygens (including phenoxy) is 4. The topological polar surface area (TPSA) is 152 Å². The lowest BCUT2D eigenvalue weighted by Gasteiger charge is -2.39. The minimum atomic E-state index is -1.59. The Balaban J connectivity index is 2.38. The molecule has 0 aromatic carbocycles. The molecule has 6 atom stereocenters. The van der Waals surface area contributed by atoms with Crippen LogP contribution in [0.15, 0.2) is 12.2 Å². The SMILES string of the molecule is CCCCCCCCCCCCC/C=C/CCC(=O)OC[C@@H](CO[C@H]1O[C@@H](CO)[C@@H](O)C(O)C1O)OC(=O)CCCCCCCCCCCC. The molecule has 10 heteroatoms. The molecule has 294 valence electrons. The average Bonchev–Trinajstić information content (AvgIpc) is 3.11.